The molecule has 0 spiro atoms. The van der Waals surface area contributed by atoms with Crippen molar-refractivity contribution in [2.24, 2.45) is 0 Å². The van der Waals surface area contributed by atoms with E-state index < -0.39 is 11.0 Å². The predicted molar refractivity (Wildman–Crippen MR) is 138 cm³/mol. The lowest BCUT2D eigenvalue weighted by atomic mass is 9.70. The van der Waals surface area contributed by atoms with E-state index in [-0.39, 0.29) is 25.0 Å². The molecule has 2 aromatic carbocycles. The fourth-order valence-corrected chi connectivity index (χ4v) is 4.15. The highest BCUT2D eigenvalue weighted by Gasteiger charge is 2.37. The molecule has 0 saturated carbocycles. The van der Waals surface area contributed by atoms with Crippen LogP contribution in [-0.4, -0.2) is 37.4 Å². The van der Waals surface area contributed by atoms with Gasteiger partial charge in [0.05, 0.1) is 6.42 Å². The maximum Gasteiger partial charge on any atom is 0.307 e. The van der Waals surface area contributed by atoms with E-state index in [1.165, 1.54) is 0 Å². The standard InChI is InChI=1S/C29H42O6/c1-9-29(20-27(30)35-28(6,7)8,23-12-16-25(17-13-23)33-21(4)31-10-2)24-14-18-26(19-15-24)34-22(5)32-11-3/h12-19,21-22H,9-11,20H2,1-8H3. The maximum absolute atomic E-state index is 13.0. The Bertz CT molecular complexity index is 841. The number of carbonyl (C=O) groups excluding carboxylic acids is 1. The number of benzene rings is 2. The monoisotopic (exact) mass is 486 g/mol. The van der Waals surface area contributed by atoms with Crippen molar-refractivity contribution in [3.8, 4) is 11.5 Å². The molecule has 0 bridgehead atoms. The summed E-state index contributed by atoms with van der Waals surface area (Å²) in [5.41, 5.74) is 0.894. The molecular formula is C29H42O6. The molecule has 2 atom stereocenters. The van der Waals surface area contributed by atoms with Gasteiger partial charge in [-0.25, -0.2) is 0 Å². The van der Waals surface area contributed by atoms with Crippen LogP contribution in [0.4, 0.5) is 0 Å². The van der Waals surface area contributed by atoms with Gasteiger partial charge in [0.25, 0.3) is 0 Å². The molecule has 6 heteroatoms. The Kier molecular flexibility index (Phi) is 10.6. The number of esters is 1. The lowest BCUT2D eigenvalue weighted by Gasteiger charge is -2.35. The highest BCUT2D eigenvalue weighted by molar-refractivity contribution is 5.73. The van der Waals surface area contributed by atoms with Crippen LogP contribution in [0.3, 0.4) is 0 Å². The van der Waals surface area contributed by atoms with E-state index in [0.29, 0.717) is 31.1 Å². The molecule has 0 radical (unpaired) electrons. The van der Waals surface area contributed by atoms with Crippen LogP contribution in [0.25, 0.3) is 0 Å². The van der Waals surface area contributed by atoms with E-state index in [1.54, 1.807) is 0 Å². The van der Waals surface area contributed by atoms with Crippen LogP contribution >= 0.6 is 0 Å². The van der Waals surface area contributed by atoms with Crippen molar-refractivity contribution in [2.75, 3.05) is 13.2 Å². The summed E-state index contributed by atoms with van der Waals surface area (Å²) in [6.45, 7) is 16.5. The molecule has 0 aliphatic rings. The molecular weight excluding hydrogens is 444 g/mol. The molecule has 0 heterocycles. The fraction of sp³-hybridized carbons (Fsp3) is 0.552. The Labute approximate surface area is 210 Å². The molecule has 2 unspecified atom stereocenters. The molecule has 0 fully saturated rings. The summed E-state index contributed by atoms with van der Waals surface area (Å²) < 4.78 is 28.4. The second kappa shape index (κ2) is 12.9. The van der Waals surface area contributed by atoms with Crippen molar-refractivity contribution in [1.29, 1.82) is 0 Å². The Morgan fingerprint density at radius 3 is 1.46 bits per heavy atom. The Morgan fingerprint density at radius 2 is 1.14 bits per heavy atom. The lowest BCUT2D eigenvalue weighted by molar-refractivity contribution is -0.156. The first-order valence-corrected chi connectivity index (χ1v) is 12.5. The van der Waals surface area contributed by atoms with E-state index in [0.717, 1.165) is 11.1 Å². The quantitative estimate of drug-likeness (QED) is 0.234. The first-order valence-electron chi connectivity index (χ1n) is 12.5. The zero-order chi connectivity index (χ0) is 26.1. The van der Waals surface area contributed by atoms with Crippen LogP contribution in [0, 0.1) is 0 Å². The van der Waals surface area contributed by atoms with Crippen molar-refractivity contribution >= 4 is 5.97 Å². The van der Waals surface area contributed by atoms with Gasteiger partial charge in [0.15, 0.2) is 12.6 Å². The van der Waals surface area contributed by atoms with E-state index in [4.69, 9.17) is 23.7 Å². The smallest absolute Gasteiger partial charge is 0.307 e. The van der Waals surface area contributed by atoms with Gasteiger partial charge in [0.2, 0.25) is 0 Å². The van der Waals surface area contributed by atoms with E-state index in [9.17, 15) is 4.79 Å². The zero-order valence-corrected chi connectivity index (χ0v) is 22.6. The van der Waals surface area contributed by atoms with Crippen molar-refractivity contribution < 1.29 is 28.5 Å². The molecule has 0 amide bonds. The van der Waals surface area contributed by atoms with Gasteiger partial charge in [-0.05, 0) is 90.3 Å². The molecule has 194 valence electrons. The molecule has 0 aliphatic heterocycles. The topological polar surface area (TPSA) is 63.2 Å². The molecule has 0 aliphatic carbocycles. The van der Waals surface area contributed by atoms with Gasteiger partial charge in [0, 0.05) is 18.6 Å². The fourth-order valence-electron chi connectivity index (χ4n) is 4.15. The summed E-state index contributed by atoms with van der Waals surface area (Å²) in [5, 5.41) is 0. The molecule has 0 N–H and O–H groups in total. The highest BCUT2D eigenvalue weighted by Crippen LogP contribution is 2.41. The van der Waals surface area contributed by atoms with E-state index in [1.807, 2.05) is 97.0 Å². The third kappa shape index (κ3) is 8.55. The van der Waals surface area contributed by atoms with Gasteiger partial charge in [-0.1, -0.05) is 31.2 Å². The van der Waals surface area contributed by atoms with Gasteiger partial charge < -0.3 is 23.7 Å². The number of rotatable bonds is 13. The summed E-state index contributed by atoms with van der Waals surface area (Å²) in [7, 11) is 0. The maximum atomic E-state index is 13.0. The Balaban J connectivity index is 2.41. The van der Waals surface area contributed by atoms with Crippen LogP contribution in [-0.2, 0) is 24.4 Å². The zero-order valence-electron chi connectivity index (χ0n) is 22.6. The number of hydrogen-bond donors (Lipinski definition) is 0. The van der Waals surface area contributed by atoms with Gasteiger partial charge >= 0.3 is 5.97 Å². The average molecular weight is 487 g/mol. The SMILES string of the molecule is CCOC(C)Oc1ccc(C(CC)(CC(=O)OC(C)(C)C)c2ccc(OC(C)OCC)cc2)cc1. The summed E-state index contributed by atoms with van der Waals surface area (Å²) in [4.78, 5) is 13.0. The molecule has 2 aromatic rings. The average Bonchev–Trinajstić information content (AvgIpc) is 2.78. The second-order valence-electron chi connectivity index (χ2n) is 9.53. The highest BCUT2D eigenvalue weighted by atomic mass is 16.7. The van der Waals surface area contributed by atoms with E-state index in [2.05, 4.69) is 6.92 Å². The lowest BCUT2D eigenvalue weighted by Crippen LogP contribution is -2.34. The summed E-state index contributed by atoms with van der Waals surface area (Å²) in [5.74, 6) is 1.19. The molecule has 2 rings (SSSR count). The summed E-state index contributed by atoms with van der Waals surface area (Å²) in [6, 6.07) is 15.8. The van der Waals surface area contributed by atoms with Crippen LogP contribution in [0.5, 0.6) is 11.5 Å². The van der Waals surface area contributed by atoms with Crippen LogP contribution in [0.2, 0.25) is 0 Å². The van der Waals surface area contributed by atoms with Crippen LogP contribution in [0.15, 0.2) is 48.5 Å². The minimum atomic E-state index is -0.573. The number of hydrogen-bond acceptors (Lipinski definition) is 6. The third-order valence-electron chi connectivity index (χ3n) is 5.69. The Morgan fingerprint density at radius 1 is 0.743 bits per heavy atom. The normalized spacial score (nSPS) is 15.1. The van der Waals surface area contributed by atoms with Crippen molar-refractivity contribution in [2.45, 2.75) is 91.8 Å². The number of carbonyl (C=O) groups is 1. The van der Waals surface area contributed by atoms with Gasteiger partial charge in [-0.15, -0.1) is 0 Å². The van der Waals surface area contributed by atoms with Crippen molar-refractivity contribution in [1.82, 2.24) is 0 Å². The van der Waals surface area contributed by atoms with Crippen molar-refractivity contribution in [3.63, 3.8) is 0 Å². The molecule has 35 heavy (non-hydrogen) atoms. The predicted octanol–water partition coefficient (Wildman–Crippen LogP) is 6.64. The summed E-state index contributed by atoms with van der Waals surface area (Å²) >= 11 is 0. The first kappa shape index (κ1) is 28.7. The van der Waals surface area contributed by atoms with Gasteiger partial charge in [-0.2, -0.15) is 0 Å². The summed E-state index contributed by atoms with van der Waals surface area (Å²) in [6.07, 6.45) is 0.244. The van der Waals surface area contributed by atoms with Gasteiger partial charge in [-0.3, -0.25) is 4.79 Å². The Hall–Kier alpha value is -2.57. The number of ether oxygens (including phenoxy) is 5. The molecule has 6 nitrogen and oxygen atoms in total. The minimum absolute atomic E-state index is 0.214. The van der Waals surface area contributed by atoms with Crippen LogP contribution < -0.4 is 9.47 Å². The molecule has 0 saturated heterocycles. The minimum Gasteiger partial charge on any atom is -0.465 e. The molecule has 0 aromatic heterocycles. The third-order valence-corrected chi connectivity index (χ3v) is 5.69. The van der Waals surface area contributed by atoms with E-state index >= 15 is 0 Å². The largest absolute Gasteiger partial charge is 0.465 e. The van der Waals surface area contributed by atoms with Crippen molar-refractivity contribution in [3.05, 3.63) is 59.7 Å². The van der Waals surface area contributed by atoms with Crippen LogP contribution in [0.1, 0.15) is 79.4 Å². The second-order valence-corrected chi connectivity index (χ2v) is 9.53. The van der Waals surface area contributed by atoms with Gasteiger partial charge in [0.1, 0.15) is 17.1 Å². The first-order chi connectivity index (χ1) is 16.5.